The minimum absolute atomic E-state index is 0.0337. The van der Waals surface area contributed by atoms with Crippen LogP contribution in [0.2, 0.25) is 0 Å². The van der Waals surface area contributed by atoms with Crippen LogP contribution < -0.4 is 0 Å². The molecule has 3 rings (SSSR count). The number of piperidine rings is 1. The van der Waals surface area contributed by atoms with Crippen LogP contribution in [0.25, 0.3) is 0 Å². The highest BCUT2D eigenvalue weighted by Crippen LogP contribution is 2.36. The number of benzene rings is 2. The number of nitrogens with zero attached hydrogens (tertiary/aromatic N) is 1. The first kappa shape index (κ1) is 15.3. The molecule has 0 aliphatic carbocycles. The van der Waals surface area contributed by atoms with Crippen LogP contribution in [0.4, 0.5) is 0 Å². The molecule has 1 aliphatic rings. The van der Waals surface area contributed by atoms with E-state index in [1.807, 2.05) is 36.4 Å². The van der Waals surface area contributed by atoms with E-state index in [9.17, 15) is 5.11 Å². The highest BCUT2D eigenvalue weighted by atomic mass is 16.3. The van der Waals surface area contributed by atoms with Gasteiger partial charge in [-0.05, 0) is 36.4 Å². The molecule has 3 atom stereocenters. The fourth-order valence-electron chi connectivity index (χ4n) is 3.55. The van der Waals surface area contributed by atoms with Gasteiger partial charge in [0.2, 0.25) is 0 Å². The molecule has 1 heterocycles. The minimum atomic E-state index is -0.492. The van der Waals surface area contributed by atoms with Crippen molar-refractivity contribution in [1.29, 1.82) is 0 Å². The number of hydrogen-bond acceptors (Lipinski definition) is 2. The molecule has 0 bridgehead atoms. The summed E-state index contributed by atoms with van der Waals surface area (Å²) >= 11 is 0. The predicted molar refractivity (Wildman–Crippen MR) is 90.6 cm³/mol. The van der Waals surface area contributed by atoms with E-state index < -0.39 is 6.10 Å². The molecule has 1 saturated heterocycles. The Bertz CT molecular complexity index is 569. The zero-order valence-corrected chi connectivity index (χ0v) is 13.2. The maximum absolute atomic E-state index is 11.0. The molecule has 2 heteroatoms. The summed E-state index contributed by atoms with van der Waals surface area (Å²) in [6.07, 6.45) is 2.01. The van der Waals surface area contributed by atoms with Gasteiger partial charge in [-0.25, -0.2) is 0 Å². The SMILES string of the molecule is C[C@@H]1CCCN([C@@H](c2ccccc2)[C@H](O)c2ccccc2)C1. The van der Waals surface area contributed by atoms with Crippen LogP contribution in [0.1, 0.15) is 43.0 Å². The molecule has 0 amide bonds. The second-order valence-corrected chi connectivity index (χ2v) is 6.45. The molecule has 2 nitrogen and oxygen atoms in total. The molecular weight excluding hydrogens is 270 g/mol. The van der Waals surface area contributed by atoms with Crippen LogP contribution >= 0.6 is 0 Å². The molecule has 22 heavy (non-hydrogen) atoms. The van der Waals surface area contributed by atoms with Gasteiger partial charge in [-0.15, -0.1) is 0 Å². The zero-order chi connectivity index (χ0) is 15.4. The minimum Gasteiger partial charge on any atom is -0.386 e. The van der Waals surface area contributed by atoms with Gasteiger partial charge in [0.25, 0.3) is 0 Å². The van der Waals surface area contributed by atoms with Crippen LogP contribution in [0.15, 0.2) is 60.7 Å². The maximum Gasteiger partial charge on any atom is 0.0986 e. The number of rotatable bonds is 4. The van der Waals surface area contributed by atoms with Gasteiger partial charge < -0.3 is 5.11 Å². The third-order valence-corrected chi connectivity index (χ3v) is 4.66. The van der Waals surface area contributed by atoms with Crippen molar-refractivity contribution in [3.63, 3.8) is 0 Å². The highest BCUT2D eigenvalue weighted by molar-refractivity contribution is 5.26. The van der Waals surface area contributed by atoms with Crippen molar-refractivity contribution >= 4 is 0 Å². The average molecular weight is 295 g/mol. The van der Waals surface area contributed by atoms with Crippen molar-refractivity contribution in [1.82, 2.24) is 4.90 Å². The van der Waals surface area contributed by atoms with Gasteiger partial charge >= 0.3 is 0 Å². The van der Waals surface area contributed by atoms with Crippen molar-refractivity contribution in [2.45, 2.75) is 31.9 Å². The van der Waals surface area contributed by atoms with Crippen LogP contribution in [0.5, 0.6) is 0 Å². The average Bonchev–Trinajstić information content (AvgIpc) is 2.57. The molecule has 2 aromatic carbocycles. The number of likely N-dealkylation sites (tertiary alicyclic amines) is 1. The lowest BCUT2D eigenvalue weighted by Gasteiger charge is -2.40. The van der Waals surface area contributed by atoms with Crippen LogP contribution in [0.3, 0.4) is 0 Å². The maximum atomic E-state index is 11.0. The Morgan fingerprint density at radius 2 is 1.55 bits per heavy atom. The van der Waals surface area contributed by atoms with Crippen molar-refractivity contribution in [3.8, 4) is 0 Å². The number of aliphatic hydroxyl groups is 1. The molecule has 116 valence electrons. The Morgan fingerprint density at radius 1 is 0.955 bits per heavy atom. The molecule has 0 spiro atoms. The first-order chi connectivity index (χ1) is 10.8. The Balaban J connectivity index is 1.92. The van der Waals surface area contributed by atoms with Crippen molar-refractivity contribution in [2.75, 3.05) is 13.1 Å². The van der Waals surface area contributed by atoms with Gasteiger partial charge in [0.05, 0.1) is 12.1 Å². The summed E-state index contributed by atoms with van der Waals surface area (Å²) < 4.78 is 0. The normalized spacial score (nSPS) is 22.2. The molecule has 2 aromatic rings. The monoisotopic (exact) mass is 295 g/mol. The predicted octanol–water partition coefficient (Wildman–Crippen LogP) is 4.19. The Hall–Kier alpha value is -1.64. The smallest absolute Gasteiger partial charge is 0.0986 e. The summed E-state index contributed by atoms with van der Waals surface area (Å²) in [4.78, 5) is 2.46. The first-order valence-corrected chi connectivity index (χ1v) is 8.27. The van der Waals surface area contributed by atoms with E-state index in [0.717, 1.165) is 18.7 Å². The molecule has 0 unspecified atom stereocenters. The Labute approximate surface area is 133 Å². The molecule has 0 saturated carbocycles. The fourth-order valence-corrected chi connectivity index (χ4v) is 3.55. The quantitative estimate of drug-likeness (QED) is 0.914. The third kappa shape index (κ3) is 3.40. The van der Waals surface area contributed by atoms with E-state index in [0.29, 0.717) is 5.92 Å². The van der Waals surface area contributed by atoms with E-state index in [2.05, 4.69) is 36.1 Å². The first-order valence-electron chi connectivity index (χ1n) is 8.27. The van der Waals surface area contributed by atoms with E-state index in [1.54, 1.807) is 0 Å². The number of aliphatic hydroxyl groups excluding tert-OH is 1. The largest absolute Gasteiger partial charge is 0.386 e. The third-order valence-electron chi connectivity index (χ3n) is 4.66. The lowest BCUT2D eigenvalue weighted by atomic mass is 9.90. The second kappa shape index (κ2) is 7.08. The van der Waals surface area contributed by atoms with Gasteiger partial charge in [-0.2, -0.15) is 0 Å². The molecule has 1 N–H and O–H groups in total. The van der Waals surface area contributed by atoms with Crippen LogP contribution in [-0.4, -0.2) is 23.1 Å². The topological polar surface area (TPSA) is 23.5 Å². The summed E-state index contributed by atoms with van der Waals surface area (Å²) in [6.45, 7) is 4.43. The highest BCUT2D eigenvalue weighted by Gasteiger charge is 2.31. The van der Waals surface area contributed by atoms with E-state index >= 15 is 0 Å². The molecule has 1 fully saturated rings. The van der Waals surface area contributed by atoms with Crippen LogP contribution in [-0.2, 0) is 0 Å². The number of hydrogen-bond donors (Lipinski definition) is 1. The summed E-state index contributed by atoms with van der Waals surface area (Å²) in [6, 6.07) is 20.5. The van der Waals surface area contributed by atoms with Crippen molar-refractivity contribution in [2.24, 2.45) is 5.92 Å². The Kier molecular flexibility index (Phi) is 4.91. The molecule has 0 radical (unpaired) electrons. The Morgan fingerprint density at radius 3 is 2.14 bits per heavy atom. The van der Waals surface area contributed by atoms with Gasteiger partial charge in [-0.1, -0.05) is 67.6 Å². The van der Waals surface area contributed by atoms with Crippen molar-refractivity contribution in [3.05, 3.63) is 71.8 Å². The lowest BCUT2D eigenvalue weighted by Crippen LogP contribution is -2.40. The van der Waals surface area contributed by atoms with Gasteiger partial charge in [0.15, 0.2) is 0 Å². The molecule has 1 aliphatic heterocycles. The van der Waals surface area contributed by atoms with E-state index in [1.165, 1.54) is 18.4 Å². The standard InChI is InChI=1S/C20H25NO/c1-16-9-8-14-21(15-16)19(17-10-4-2-5-11-17)20(22)18-12-6-3-7-13-18/h2-7,10-13,16,19-20,22H,8-9,14-15H2,1H3/t16-,19+,20-/m1/s1. The van der Waals surface area contributed by atoms with Gasteiger partial charge in [0.1, 0.15) is 0 Å². The van der Waals surface area contributed by atoms with Gasteiger partial charge in [0, 0.05) is 6.54 Å². The summed E-state index contributed by atoms with van der Waals surface area (Å²) in [5.74, 6) is 0.697. The van der Waals surface area contributed by atoms with Crippen molar-refractivity contribution < 1.29 is 5.11 Å². The van der Waals surface area contributed by atoms with Gasteiger partial charge in [-0.3, -0.25) is 4.90 Å². The van der Waals surface area contributed by atoms with Crippen LogP contribution in [0, 0.1) is 5.92 Å². The van der Waals surface area contributed by atoms with E-state index in [-0.39, 0.29) is 6.04 Å². The fraction of sp³-hybridized carbons (Fsp3) is 0.400. The van der Waals surface area contributed by atoms with E-state index in [4.69, 9.17) is 0 Å². The summed E-state index contributed by atoms with van der Waals surface area (Å²) in [5.41, 5.74) is 2.20. The molecular formula is C20H25NO. The second-order valence-electron chi connectivity index (χ2n) is 6.45. The lowest BCUT2D eigenvalue weighted by molar-refractivity contribution is 0.0246. The zero-order valence-electron chi connectivity index (χ0n) is 13.2. The summed E-state index contributed by atoms with van der Waals surface area (Å²) in [7, 11) is 0. The summed E-state index contributed by atoms with van der Waals surface area (Å²) in [5, 5.41) is 11.0. The molecule has 0 aromatic heterocycles.